The average molecular weight is 304 g/mol. The van der Waals surface area contributed by atoms with Gasteiger partial charge in [0.2, 0.25) is 0 Å². The van der Waals surface area contributed by atoms with Crippen LogP contribution in [0.1, 0.15) is 18.1 Å². The summed E-state index contributed by atoms with van der Waals surface area (Å²) in [5.74, 6) is 0.0622. The highest BCUT2D eigenvalue weighted by Crippen LogP contribution is 2.31. The minimum atomic E-state index is 0.0622. The average Bonchev–Trinajstić information content (AvgIpc) is 2.49. The standard InChI is InChI=1S/C16H18ClN3O/c1-3-20(13-7-4-11(2)5-8-13)15-10-12(17)6-9-14(15)16(18)19-21/h4-10,21H,3H2,1-2H3,(H2,18,19). The van der Waals surface area contributed by atoms with E-state index < -0.39 is 0 Å². The number of halogens is 1. The predicted molar refractivity (Wildman–Crippen MR) is 87.8 cm³/mol. The van der Waals surface area contributed by atoms with Crippen LogP contribution in [0.4, 0.5) is 11.4 Å². The molecule has 0 aliphatic rings. The zero-order chi connectivity index (χ0) is 15.4. The molecule has 2 aromatic rings. The van der Waals surface area contributed by atoms with Crippen molar-refractivity contribution in [2.24, 2.45) is 10.9 Å². The molecule has 0 unspecified atom stereocenters. The molecule has 0 amide bonds. The third-order valence-corrected chi connectivity index (χ3v) is 3.53. The lowest BCUT2D eigenvalue weighted by Crippen LogP contribution is -2.22. The molecule has 0 aliphatic heterocycles. The number of rotatable bonds is 4. The summed E-state index contributed by atoms with van der Waals surface area (Å²) in [5, 5.41) is 12.7. The first kappa shape index (κ1) is 15.2. The van der Waals surface area contributed by atoms with Gasteiger partial charge in [-0.15, -0.1) is 0 Å². The molecule has 3 N–H and O–H groups in total. The molecule has 0 bridgehead atoms. The van der Waals surface area contributed by atoms with Crippen molar-refractivity contribution in [3.63, 3.8) is 0 Å². The van der Waals surface area contributed by atoms with Crippen molar-refractivity contribution < 1.29 is 5.21 Å². The first-order valence-electron chi connectivity index (χ1n) is 6.68. The van der Waals surface area contributed by atoms with Crippen LogP contribution in [0.3, 0.4) is 0 Å². The summed E-state index contributed by atoms with van der Waals surface area (Å²) >= 11 is 6.11. The molecular weight excluding hydrogens is 286 g/mol. The van der Waals surface area contributed by atoms with Crippen LogP contribution in [0, 0.1) is 6.92 Å². The maximum Gasteiger partial charge on any atom is 0.172 e. The fraction of sp³-hybridized carbons (Fsp3) is 0.188. The Kier molecular flexibility index (Phi) is 4.70. The molecule has 0 saturated carbocycles. The van der Waals surface area contributed by atoms with Gasteiger partial charge in [-0.1, -0.05) is 34.5 Å². The molecule has 0 saturated heterocycles. The molecule has 2 aromatic carbocycles. The number of oxime groups is 1. The van der Waals surface area contributed by atoms with Gasteiger partial charge in [0.25, 0.3) is 0 Å². The van der Waals surface area contributed by atoms with Crippen molar-refractivity contribution in [1.82, 2.24) is 0 Å². The molecule has 0 atom stereocenters. The Morgan fingerprint density at radius 1 is 1.24 bits per heavy atom. The number of nitrogens with zero attached hydrogens (tertiary/aromatic N) is 2. The number of amidine groups is 1. The van der Waals surface area contributed by atoms with E-state index in [9.17, 15) is 0 Å². The van der Waals surface area contributed by atoms with Gasteiger partial charge in [-0.25, -0.2) is 0 Å². The first-order chi connectivity index (χ1) is 10.1. The van der Waals surface area contributed by atoms with E-state index in [4.69, 9.17) is 22.5 Å². The van der Waals surface area contributed by atoms with Crippen LogP contribution >= 0.6 is 11.6 Å². The smallest absolute Gasteiger partial charge is 0.172 e. The Hall–Kier alpha value is -2.20. The lowest BCUT2D eigenvalue weighted by molar-refractivity contribution is 0.318. The van der Waals surface area contributed by atoms with Crippen LogP contribution in [0.25, 0.3) is 0 Å². The quantitative estimate of drug-likeness (QED) is 0.390. The Balaban J connectivity index is 2.56. The number of benzene rings is 2. The van der Waals surface area contributed by atoms with E-state index in [-0.39, 0.29) is 5.84 Å². The van der Waals surface area contributed by atoms with Crippen LogP contribution in [0.2, 0.25) is 5.02 Å². The number of anilines is 2. The van der Waals surface area contributed by atoms with Crippen molar-refractivity contribution in [1.29, 1.82) is 0 Å². The zero-order valence-electron chi connectivity index (χ0n) is 12.0. The van der Waals surface area contributed by atoms with Crippen LogP contribution in [-0.4, -0.2) is 17.6 Å². The van der Waals surface area contributed by atoms with Crippen LogP contribution in [0.15, 0.2) is 47.6 Å². The maximum atomic E-state index is 8.95. The monoisotopic (exact) mass is 303 g/mol. The molecular formula is C16H18ClN3O. The molecule has 0 fully saturated rings. The van der Waals surface area contributed by atoms with Gasteiger partial charge in [0.1, 0.15) is 0 Å². The number of nitrogens with two attached hydrogens (primary N) is 1. The van der Waals surface area contributed by atoms with Crippen molar-refractivity contribution in [2.45, 2.75) is 13.8 Å². The van der Waals surface area contributed by atoms with Crippen molar-refractivity contribution >= 4 is 28.8 Å². The van der Waals surface area contributed by atoms with Gasteiger partial charge in [-0.2, -0.15) is 0 Å². The minimum absolute atomic E-state index is 0.0622. The summed E-state index contributed by atoms with van der Waals surface area (Å²) in [4.78, 5) is 2.07. The van der Waals surface area contributed by atoms with Crippen molar-refractivity contribution in [3.8, 4) is 0 Å². The molecule has 0 heterocycles. The Labute approximate surface area is 129 Å². The summed E-state index contributed by atoms with van der Waals surface area (Å²) in [7, 11) is 0. The summed E-state index contributed by atoms with van der Waals surface area (Å²) in [6.45, 7) is 4.81. The first-order valence-corrected chi connectivity index (χ1v) is 7.06. The van der Waals surface area contributed by atoms with Crippen LogP contribution in [-0.2, 0) is 0 Å². The number of hydrogen-bond donors (Lipinski definition) is 2. The molecule has 21 heavy (non-hydrogen) atoms. The molecule has 5 heteroatoms. The van der Waals surface area contributed by atoms with E-state index >= 15 is 0 Å². The second kappa shape index (κ2) is 6.50. The van der Waals surface area contributed by atoms with Gasteiger partial charge in [0.05, 0.1) is 5.69 Å². The SMILES string of the molecule is CCN(c1ccc(C)cc1)c1cc(Cl)ccc1C(N)=NO. The molecule has 2 rings (SSSR count). The van der Waals surface area contributed by atoms with Crippen LogP contribution < -0.4 is 10.6 Å². The van der Waals surface area contributed by atoms with Gasteiger partial charge in [-0.05, 0) is 44.2 Å². The minimum Gasteiger partial charge on any atom is -0.409 e. The van der Waals surface area contributed by atoms with Gasteiger partial charge in [0, 0.05) is 22.8 Å². The van der Waals surface area contributed by atoms with Gasteiger partial charge < -0.3 is 15.8 Å². The van der Waals surface area contributed by atoms with Gasteiger partial charge >= 0.3 is 0 Å². The van der Waals surface area contributed by atoms with Gasteiger partial charge in [0.15, 0.2) is 5.84 Å². The van der Waals surface area contributed by atoms with E-state index in [1.807, 2.05) is 44.2 Å². The van der Waals surface area contributed by atoms with Crippen molar-refractivity contribution in [3.05, 3.63) is 58.6 Å². The second-order valence-corrected chi connectivity index (χ2v) is 5.16. The maximum absolute atomic E-state index is 8.95. The number of aryl methyl sites for hydroxylation is 1. The highest BCUT2D eigenvalue weighted by atomic mass is 35.5. The fourth-order valence-electron chi connectivity index (χ4n) is 2.22. The summed E-state index contributed by atoms with van der Waals surface area (Å²) in [5.41, 5.74) is 9.44. The normalized spacial score (nSPS) is 11.5. The Morgan fingerprint density at radius 3 is 2.48 bits per heavy atom. The molecule has 0 aromatic heterocycles. The van der Waals surface area contributed by atoms with E-state index in [1.165, 1.54) is 5.56 Å². The molecule has 0 spiro atoms. The van der Waals surface area contributed by atoms with E-state index in [2.05, 4.69) is 10.1 Å². The van der Waals surface area contributed by atoms with E-state index in [0.29, 0.717) is 10.6 Å². The summed E-state index contributed by atoms with van der Waals surface area (Å²) in [6.07, 6.45) is 0. The lowest BCUT2D eigenvalue weighted by atomic mass is 10.1. The van der Waals surface area contributed by atoms with E-state index in [1.54, 1.807) is 12.1 Å². The Morgan fingerprint density at radius 2 is 1.90 bits per heavy atom. The molecule has 110 valence electrons. The summed E-state index contributed by atoms with van der Waals surface area (Å²) < 4.78 is 0. The highest BCUT2D eigenvalue weighted by molar-refractivity contribution is 6.31. The Bertz CT molecular complexity index is 653. The van der Waals surface area contributed by atoms with Crippen LogP contribution in [0.5, 0.6) is 0 Å². The second-order valence-electron chi connectivity index (χ2n) is 4.73. The molecule has 0 radical (unpaired) electrons. The summed E-state index contributed by atoms with van der Waals surface area (Å²) in [6, 6.07) is 13.5. The largest absolute Gasteiger partial charge is 0.409 e. The fourth-order valence-corrected chi connectivity index (χ4v) is 2.38. The predicted octanol–water partition coefficient (Wildman–Crippen LogP) is 3.90. The topological polar surface area (TPSA) is 61.8 Å². The van der Waals surface area contributed by atoms with Gasteiger partial charge in [-0.3, -0.25) is 0 Å². The molecule has 0 aliphatic carbocycles. The van der Waals surface area contributed by atoms with Crippen molar-refractivity contribution in [2.75, 3.05) is 11.4 Å². The lowest BCUT2D eigenvalue weighted by Gasteiger charge is -2.26. The number of hydrogen-bond acceptors (Lipinski definition) is 3. The third kappa shape index (κ3) is 3.28. The third-order valence-electron chi connectivity index (χ3n) is 3.30. The molecule has 4 nitrogen and oxygen atoms in total. The zero-order valence-corrected chi connectivity index (χ0v) is 12.8. The highest BCUT2D eigenvalue weighted by Gasteiger charge is 2.15. The van der Waals surface area contributed by atoms with E-state index in [0.717, 1.165) is 17.9 Å².